The van der Waals surface area contributed by atoms with Crippen LogP contribution in [0.4, 0.5) is 0 Å². The molecule has 1 atom stereocenters. The zero-order chi connectivity index (χ0) is 12.8. The molecule has 17 heavy (non-hydrogen) atoms. The van der Waals surface area contributed by atoms with Gasteiger partial charge in [0.15, 0.2) is 5.78 Å². The van der Waals surface area contributed by atoms with Crippen molar-refractivity contribution in [3.8, 4) is 0 Å². The number of ketones is 1. The first-order chi connectivity index (χ1) is 8.10. The predicted molar refractivity (Wildman–Crippen MR) is 72.5 cm³/mol. The van der Waals surface area contributed by atoms with Gasteiger partial charge in [0.1, 0.15) is 0 Å². The van der Waals surface area contributed by atoms with Gasteiger partial charge >= 0.3 is 0 Å². The van der Waals surface area contributed by atoms with Crippen LogP contribution in [0.1, 0.15) is 43.1 Å². The van der Waals surface area contributed by atoms with Crippen LogP contribution in [0.2, 0.25) is 0 Å². The van der Waals surface area contributed by atoms with Crippen molar-refractivity contribution in [1.29, 1.82) is 0 Å². The molecule has 1 N–H and O–H groups in total. The number of carbonyl (C=O) groups excluding carboxylic acids is 1. The molecule has 0 aliphatic heterocycles. The highest BCUT2D eigenvalue weighted by Crippen LogP contribution is 2.12. The van der Waals surface area contributed by atoms with Gasteiger partial charge in [-0.25, -0.2) is 0 Å². The minimum Gasteiger partial charge on any atom is -0.310 e. The zero-order valence-corrected chi connectivity index (χ0v) is 11.3. The largest absolute Gasteiger partial charge is 0.310 e. The maximum atomic E-state index is 12.2. The fourth-order valence-corrected chi connectivity index (χ4v) is 2.07. The average molecular weight is 233 g/mol. The van der Waals surface area contributed by atoms with E-state index >= 15 is 0 Å². The van der Waals surface area contributed by atoms with E-state index in [1.54, 1.807) is 0 Å². The molecule has 0 bridgehead atoms. The Bertz CT molecular complexity index is 354. The number of likely N-dealkylation sites (N-methyl/N-ethyl adjacent to an activating group) is 1. The van der Waals surface area contributed by atoms with Crippen LogP contribution in [-0.2, 0) is 6.42 Å². The van der Waals surface area contributed by atoms with Crippen LogP contribution < -0.4 is 5.32 Å². The summed E-state index contributed by atoms with van der Waals surface area (Å²) in [4.78, 5) is 12.2. The van der Waals surface area contributed by atoms with Crippen molar-refractivity contribution in [2.75, 3.05) is 7.05 Å². The standard InChI is InChI=1S/C15H23NO/c1-5-6-12-7-9-13(10-8-12)15(17)14(16-4)11(2)3/h7-11,14,16H,5-6H2,1-4H3. The van der Waals surface area contributed by atoms with Crippen molar-refractivity contribution in [2.45, 2.75) is 39.7 Å². The number of nitrogens with one attached hydrogen (secondary N) is 1. The Hall–Kier alpha value is -1.15. The van der Waals surface area contributed by atoms with E-state index in [-0.39, 0.29) is 11.8 Å². The van der Waals surface area contributed by atoms with Crippen LogP contribution in [-0.4, -0.2) is 18.9 Å². The lowest BCUT2D eigenvalue weighted by molar-refractivity contribution is 0.0922. The summed E-state index contributed by atoms with van der Waals surface area (Å²) in [6.45, 7) is 6.28. The summed E-state index contributed by atoms with van der Waals surface area (Å²) in [5.74, 6) is 0.494. The number of carbonyl (C=O) groups is 1. The summed E-state index contributed by atoms with van der Waals surface area (Å²) in [6.07, 6.45) is 2.21. The summed E-state index contributed by atoms with van der Waals surface area (Å²) in [7, 11) is 1.84. The molecule has 0 radical (unpaired) electrons. The lowest BCUT2D eigenvalue weighted by Gasteiger charge is -2.18. The minimum absolute atomic E-state index is 0.0907. The minimum atomic E-state index is -0.0907. The van der Waals surface area contributed by atoms with E-state index in [1.165, 1.54) is 5.56 Å². The molecular weight excluding hydrogens is 210 g/mol. The average Bonchev–Trinajstić information content (AvgIpc) is 2.30. The van der Waals surface area contributed by atoms with Gasteiger partial charge < -0.3 is 5.32 Å². The van der Waals surface area contributed by atoms with Crippen LogP contribution in [0, 0.1) is 5.92 Å². The summed E-state index contributed by atoms with van der Waals surface area (Å²) in [6, 6.07) is 7.92. The maximum Gasteiger partial charge on any atom is 0.179 e. The summed E-state index contributed by atoms with van der Waals surface area (Å²) in [5, 5.41) is 3.09. The Morgan fingerprint density at radius 2 is 1.82 bits per heavy atom. The third-order valence-corrected chi connectivity index (χ3v) is 3.04. The Morgan fingerprint density at radius 1 is 1.24 bits per heavy atom. The first kappa shape index (κ1) is 13.9. The number of rotatable bonds is 6. The van der Waals surface area contributed by atoms with Crippen molar-refractivity contribution in [3.05, 3.63) is 35.4 Å². The number of hydrogen-bond acceptors (Lipinski definition) is 2. The SMILES string of the molecule is CCCc1ccc(C(=O)C(NC)C(C)C)cc1. The normalized spacial score (nSPS) is 12.8. The molecule has 0 heterocycles. The molecule has 0 spiro atoms. The van der Waals surface area contributed by atoms with E-state index in [4.69, 9.17) is 0 Å². The molecule has 2 heteroatoms. The highest BCUT2D eigenvalue weighted by atomic mass is 16.1. The molecule has 0 aliphatic carbocycles. The second-order valence-corrected chi connectivity index (χ2v) is 4.82. The lowest BCUT2D eigenvalue weighted by atomic mass is 9.94. The fraction of sp³-hybridized carbons (Fsp3) is 0.533. The molecule has 1 rings (SSSR count). The first-order valence-electron chi connectivity index (χ1n) is 6.40. The molecule has 2 nitrogen and oxygen atoms in total. The van der Waals surface area contributed by atoms with Gasteiger partial charge in [0, 0.05) is 5.56 Å². The third-order valence-electron chi connectivity index (χ3n) is 3.04. The number of benzene rings is 1. The van der Waals surface area contributed by atoms with Gasteiger partial charge in [-0.15, -0.1) is 0 Å². The molecule has 1 aromatic carbocycles. The van der Waals surface area contributed by atoms with Crippen LogP contribution in [0.3, 0.4) is 0 Å². The summed E-state index contributed by atoms with van der Waals surface area (Å²) >= 11 is 0. The van der Waals surface area contributed by atoms with Gasteiger partial charge in [-0.05, 0) is 24.9 Å². The molecule has 94 valence electrons. The molecule has 1 unspecified atom stereocenters. The second-order valence-electron chi connectivity index (χ2n) is 4.82. The van der Waals surface area contributed by atoms with Gasteiger partial charge in [-0.2, -0.15) is 0 Å². The van der Waals surface area contributed by atoms with Crippen molar-refractivity contribution in [1.82, 2.24) is 5.32 Å². The molecule has 0 aliphatic rings. The number of Topliss-reactive ketones (excluding diaryl/α,β-unsaturated/α-hetero) is 1. The number of aryl methyl sites for hydroxylation is 1. The van der Waals surface area contributed by atoms with Crippen LogP contribution in [0.5, 0.6) is 0 Å². The van der Waals surface area contributed by atoms with Gasteiger partial charge in [0.2, 0.25) is 0 Å². The quantitative estimate of drug-likeness (QED) is 0.765. The van der Waals surface area contributed by atoms with Gasteiger partial charge in [-0.3, -0.25) is 4.79 Å². The summed E-state index contributed by atoms with van der Waals surface area (Å²) < 4.78 is 0. The highest BCUT2D eigenvalue weighted by Gasteiger charge is 2.21. The third kappa shape index (κ3) is 3.67. The Kier molecular flexibility index (Phi) is 5.36. The molecule has 0 saturated carbocycles. The van der Waals surface area contributed by atoms with Crippen LogP contribution >= 0.6 is 0 Å². The smallest absolute Gasteiger partial charge is 0.179 e. The topological polar surface area (TPSA) is 29.1 Å². The molecule has 0 aromatic heterocycles. The molecule has 0 fully saturated rings. The van der Waals surface area contributed by atoms with Gasteiger partial charge in [-0.1, -0.05) is 51.5 Å². The van der Waals surface area contributed by atoms with E-state index < -0.39 is 0 Å². The second kappa shape index (κ2) is 6.55. The zero-order valence-electron chi connectivity index (χ0n) is 11.3. The molecule has 0 amide bonds. The Morgan fingerprint density at radius 3 is 2.24 bits per heavy atom. The van der Waals surface area contributed by atoms with E-state index in [1.807, 2.05) is 19.2 Å². The fourth-order valence-electron chi connectivity index (χ4n) is 2.07. The maximum absolute atomic E-state index is 12.2. The van der Waals surface area contributed by atoms with E-state index in [0.29, 0.717) is 5.92 Å². The predicted octanol–water partition coefficient (Wildman–Crippen LogP) is 3.07. The monoisotopic (exact) mass is 233 g/mol. The lowest BCUT2D eigenvalue weighted by Crippen LogP contribution is -2.38. The van der Waals surface area contributed by atoms with E-state index in [9.17, 15) is 4.79 Å². The Balaban J connectivity index is 2.81. The van der Waals surface area contributed by atoms with Crippen molar-refractivity contribution >= 4 is 5.78 Å². The molecule has 0 saturated heterocycles. The van der Waals surface area contributed by atoms with Crippen molar-refractivity contribution in [2.24, 2.45) is 5.92 Å². The van der Waals surface area contributed by atoms with Crippen molar-refractivity contribution < 1.29 is 4.79 Å². The van der Waals surface area contributed by atoms with Crippen LogP contribution in [0.15, 0.2) is 24.3 Å². The Labute approximate surface area is 104 Å². The summed E-state index contributed by atoms with van der Waals surface area (Å²) in [5.41, 5.74) is 2.10. The molecule has 1 aromatic rings. The van der Waals surface area contributed by atoms with E-state index in [2.05, 4.69) is 38.2 Å². The molecular formula is C15H23NO. The number of hydrogen-bond donors (Lipinski definition) is 1. The van der Waals surface area contributed by atoms with Gasteiger partial charge in [0.25, 0.3) is 0 Å². The first-order valence-corrected chi connectivity index (χ1v) is 6.40. The van der Waals surface area contributed by atoms with Crippen LogP contribution in [0.25, 0.3) is 0 Å². The highest BCUT2D eigenvalue weighted by molar-refractivity contribution is 6.00. The van der Waals surface area contributed by atoms with Crippen molar-refractivity contribution in [3.63, 3.8) is 0 Å². The van der Waals surface area contributed by atoms with E-state index in [0.717, 1.165) is 18.4 Å². The van der Waals surface area contributed by atoms with Gasteiger partial charge in [0.05, 0.1) is 6.04 Å².